The number of carbonyl (C=O) groups excluding carboxylic acids is 1. The number of ether oxygens (including phenoxy) is 1. The summed E-state index contributed by atoms with van der Waals surface area (Å²) < 4.78 is 58.6. The minimum absolute atomic E-state index is 0.0340. The molecule has 3 aromatic rings. The number of aromatic nitrogens is 3. The predicted octanol–water partition coefficient (Wildman–Crippen LogP) is 1.09. The number of amides is 1. The fourth-order valence-corrected chi connectivity index (χ4v) is 6.08. The highest BCUT2D eigenvalue weighted by molar-refractivity contribution is 7.92. The summed E-state index contributed by atoms with van der Waals surface area (Å²) in [6, 6.07) is 6.74. The Hall–Kier alpha value is -4.06. The Bertz CT molecular complexity index is 1710. The van der Waals surface area contributed by atoms with Crippen LogP contribution in [0.2, 0.25) is 0 Å². The second-order valence-electron chi connectivity index (χ2n) is 10.0. The van der Waals surface area contributed by atoms with Crippen LogP contribution in [0, 0.1) is 0 Å². The van der Waals surface area contributed by atoms with Gasteiger partial charge in [-0.3, -0.25) is 9.52 Å². The molecule has 0 radical (unpaired) electrons. The van der Waals surface area contributed by atoms with Crippen LogP contribution in [0.3, 0.4) is 0 Å². The SMILES string of the molecule is CC(C)N1CC(=O)N(C)c2cnc(Nc3cc(NS(=O)(=O)c4ccc(N5CCOCC5)nc4)cc(S(N)(=O)=O)c3)nc21. The van der Waals surface area contributed by atoms with Crippen molar-refractivity contribution in [3.05, 3.63) is 42.7 Å². The molecule has 224 valence electrons. The number of rotatable bonds is 8. The van der Waals surface area contributed by atoms with E-state index in [1.165, 1.54) is 35.5 Å². The van der Waals surface area contributed by atoms with Crippen LogP contribution in [-0.4, -0.2) is 83.6 Å². The van der Waals surface area contributed by atoms with Crippen LogP contribution in [0.1, 0.15) is 13.8 Å². The fourth-order valence-electron chi connectivity index (χ4n) is 4.51. The zero-order valence-corrected chi connectivity index (χ0v) is 24.8. The van der Waals surface area contributed by atoms with E-state index in [0.29, 0.717) is 43.6 Å². The number of benzene rings is 1. The van der Waals surface area contributed by atoms with Crippen molar-refractivity contribution >= 4 is 60.6 Å². The number of primary sulfonamides is 1. The molecule has 0 unspecified atom stereocenters. The van der Waals surface area contributed by atoms with Crippen LogP contribution in [0.15, 0.2) is 52.5 Å². The molecule has 2 aliphatic heterocycles. The molecule has 2 aromatic heterocycles. The summed E-state index contributed by atoms with van der Waals surface area (Å²) >= 11 is 0. The first-order valence-corrected chi connectivity index (χ1v) is 16.0. The number of sulfonamides is 2. The lowest BCUT2D eigenvalue weighted by molar-refractivity contribution is -0.117. The third kappa shape index (κ3) is 6.23. The van der Waals surface area contributed by atoms with Gasteiger partial charge in [0.2, 0.25) is 21.9 Å². The van der Waals surface area contributed by atoms with E-state index in [-0.39, 0.29) is 45.6 Å². The van der Waals surface area contributed by atoms with Gasteiger partial charge in [0.15, 0.2) is 5.82 Å². The molecule has 1 amide bonds. The third-order valence-corrected chi connectivity index (χ3v) is 9.06. The van der Waals surface area contributed by atoms with E-state index < -0.39 is 20.0 Å². The van der Waals surface area contributed by atoms with Crippen molar-refractivity contribution in [2.24, 2.45) is 5.14 Å². The number of hydrogen-bond acceptors (Lipinski definition) is 12. The number of nitrogens with two attached hydrogens (primary N) is 1. The maximum atomic E-state index is 13.2. The Morgan fingerprint density at radius 1 is 0.976 bits per heavy atom. The number of hydrogen-bond donors (Lipinski definition) is 3. The van der Waals surface area contributed by atoms with E-state index in [1.807, 2.05) is 23.6 Å². The van der Waals surface area contributed by atoms with Gasteiger partial charge in [0, 0.05) is 38.1 Å². The number of nitrogens with zero attached hydrogens (tertiary/aromatic N) is 6. The Morgan fingerprint density at radius 3 is 2.33 bits per heavy atom. The molecular weight excluding hydrogens is 586 g/mol. The van der Waals surface area contributed by atoms with Crippen LogP contribution in [0.25, 0.3) is 0 Å². The first-order valence-electron chi connectivity index (χ1n) is 13.0. The molecule has 15 nitrogen and oxygen atoms in total. The van der Waals surface area contributed by atoms with E-state index in [1.54, 1.807) is 13.1 Å². The Kier molecular flexibility index (Phi) is 7.93. The van der Waals surface area contributed by atoms with Crippen LogP contribution in [0.5, 0.6) is 0 Å². The molecule has 0 saturated carbocycles. The van der Waals surface area contributed by atoms with Gasteiger partial charge in [0.1, 0.15) is 16.4 Å². The number of pyridine rings is 1. The lowest BCUT2D eigenvalue weighted by Crippen LogP contribution is -2.47. The second-order valence-corrected chi connectivity index (χ2v) is 13.3. The minimum Gasteiger partial charge on any atom is -0.378 e. The average molecular weight is 618 g/mol. The van der Waals surface area contributed by atoms with E-state index in [9.17, 15) is 21.6 Å². The normalized spacial score (nSPS) is 16.0. The van der Waals surface area contributed by atoms with Crippen molar-refractivity contribution in [3.8, 4) is 0 Å². The standard InChI is InChI=1S/C25H31N9O6S2/c1-16(2)34-15-23(35)32(3)21-14-28-25(30-24(21)34)29-17-10-18(12-20(11-17)41(26,36)37)31-42(38,39)19-4-5-22(27-13-19)33-6-8-40-9-7-33/h4-5,10-14,16,31H,6-9,15H2,1-3H3,(H2,26,36,37)(H,28,29,30). The van der Waals surface area contributed by atoms with Gasteiger partial charge in [-0.15, -0.1) is 0 Å². The Labute approximate surface area is 243 Å². The Balaban J connectivity index is 1.43. The van der Waals surface area contributed by atoms with Gasteiger partial charge in [-0.2, -0.15) is 4.98 Å². The molecule has 0 aliphatic carbocycles. The second kappa shape index (κ2) is 11.3. The van der Waals surface area contributed by atoms with Crippen molar-refractivity contribution in [2.75, 3.05) is 64.6 Å². The molecule has 0 spiro atoms. The lowest BCUT2D eigenvalue weighted by Gasteiger charge is -2.36. The number of anilines is 6. The molecule has 1 fully saturated rings. The summed E-state index contributed by atoms with van der Waals surface area (Å²) in [5, 5.41) is 8.32. The van der Waals surface area contributed by atoms with Gasteiger partial charge in [-0.25, -0.2) is 31.9 Å². The molecule has 17 heteroatoms. The number of morpholine rings is 1. The quantitative estimate of drug-likeness (QED) is 0.326. The topological polar surface area (TPSA) is 193 Å². The maximum absolute atomic E-state index is 13.2. The molecule has 1 saturated heterocycles. The molecule has 4 N–H and O–H groups in total. The molecular formula is C25H31N9O6S2. The molecule has 0 bridgehead atoms. The average Bonchev–Trinajstić information content (AvgIpc) is 2.94. The van der Waals surface area contributed by atoms with Crippen molar-refractivity contribution in [1.29, 1.82) is 0 Å². The monoisotopic (exact) mass is 617 g/mol. The van der Waals surface area contributed by atoms with Gasteiger partial charge < -0.3 is 24.8 Å². The van der Waals surface area contributed by atoms with Gasteiger partial charge in [0.05, 0.1) is 36.5 Å². The number of fused-ring (bicyclic) bond motifs is 1. The summed E-state index contributed by atoms with van der Waals surface area (Å²) in [4.78, 5) is 30.3. The Morgan fingerprint density at radius 2 is 1.69 bits per heavy atom. The highest BCUT2D eigenvalue weighted by Gasteiger charge is 2.30. The van der Waals surface area contributed by atoms with Gasteiger partial charge in [0.25, 0.3) is 10.0 Å². The number of carbonyl (C=O) groups is 1. The van der Waals surface area contributed by atoms with Crippen molar-refractivity contribution in [1.82, 2.24) is 15.0 Å². The smallest absolute Gasteiger partial charge is 0.263 e. The fraction of sp³-hybridized carbons (Fsp3) is 0.360. The molecule has 2 aliphatic rings. The molecule has 0 atom stereocenters. The van der Waals surface area contributed by atoms with Crippen molar-refractivity contribution in [3.63, 3.8) is 0 Å². The summed E-state index contributed by atoms with van der Waals surface area (Å²) in [6.07, 6.45) is 2.72. The first-order chi connectivity index (χ1) is 19.8. The van der Waals surface area contributed by atoms with Gasteiger partial charge in [-0.05, 0) is 44.2 Å². The zero-order valence-electron chi connectivity index (χ0n) is 23.2. The first kappa shape index (κ1) is 29.4. The highest BCUT2D eigenvalue weighted by Crippen LogP contribution is 2.33. The summed E-state index contributed by atoms with van der Waals surface area (Å²) in [7, 11) is -6.74. The number of nitrogens with one attached hydrogen (secondary N) is 2. The molecule has 1 aromatic carbocycles. The van der Waals surface area contributed by atoms with Gasteiger partial charge in [-0.1, -0.05) is 0 Å². The maximum Gasteiger partial charge on any atom is 0.263 e. The van der Waals surface area contributed by atoms with E-state index >= 15 is 0 Å². The third-order valence-electron chi connectivity index (χ3n) is 6.80. The summed E-state index contributed by atoms with van der Waals surface area (Å²) in [5.41, 5.74) is 0.621. The lowest BCUT2D eigenvalue weighted by atomic mass is 10.2. The van der Waals surface area contributed by atoms with Crippen molar-refractivity contribution in [2.45, 2.75) is 29.7 Å². The van der Waals surface area contributed by atoms with Crippen molar-refractivity contribution < 1.29 is 26.4 Å². The van der Waals surface area contributed by atoms with Gasteiger partial charge >= 0.3 is 0 Å². The molecule has 5 rings (SSSR count). The van der Waals surface area contributed by atoms with Crippen LogP contribution in [0.4, 0.5) is 34.6 Å². The van der Waals surface area contributed by atoms with E-state index in [2.05, 4.69) is 25.0 Å². The predicted molar refractivity (Wildman–Crippen MR) is 157 cm³/mol. The van der Waals surface area contributed by atoms with Crippen LogP contribution in [-0.2, 0) is 29.6 Å². The van der Waals surface area contributed by atoms with Crippen LogP contribution >= 0.6 is 0 Å². The molecule has 4 heterocycles. The molecule has 42 heavy (non-hydrogen) atoms. The zero-order chi connectivity index (χ0) is 30.2. The highest BCUT2D eigenvalue weighted by atomic mass is 32.2. The largest absolute Gasteiger partial charge is 0.378 e. The van der Waals surface area contributed by atoms with E-state index in [4.69, 9.17) is 9.88 Å². The number of likely N-dealkylation sites (N-methyl/N-ethyl adjacent to an activating group) is 1. The van der Waals surface area contributed by atoms with E-state index in [0.717, 1.165) is 6.07 Å². The summed E-state index contributed by atoms with van der Waals surface area (Å²) in [6.45, 7) is 6.39. The summed E-state index contributed by atoms with van der Waals surface area (Å²) in [5.74, 6) is 1.13. The minimum atomic E-state index is -4.22. The van der Waals surface area contributed by atoms with Crippen LogP contribution < -0.4 is 29.9 Å².